The second-order valence-corrected chi connectivity index (χ2v) is 4.18. The second-order valence-electron chi connectivity index (χ2n) is 4.18. The zero-order valence-electron chi connectivity index (χ0n) is 10.5. The zero-order chi connectivity index (χ0) is 13.2. The van der Waals surface area contributed by atoms with E-state index in [1.165, 1.54) is 0 Å². The lowest BCUT2D eigenvalue weighted by molar-refractivity contribution is 0.789. The summed E-state index contributed by atoms with van der Waals surface area (Å²) >= 11 is 0. The third-order valence-electron chi connectivity index (χ3n) is 2.63. The average Bonchev–Trinajstić information content (AvgIpc) is 3.11. The molecule has 8 heteroatoms. The summed E-state index contributed by atoms with van der Waals surface area (Å²) in [6.45, 7) is 0. The summed E-state index contributed by atoms with van der Waals surface area (Å²) in [7, 11) is 3.79. The van der Waals surface area contributed by atoms with Gasteiger partial charge in [-0.25, -0.2) is 4.68 Å². The first-order valence-electron chi connectivity index (χ1n) is 5.67. The first-order chi connectivity index (χ1) is 9.24. The maximum Gasteiger partial charge on any atom is 0.244 e. The van der Waals surface area contributed by atoms with E-state index in [4.69, 9.17) is 0 Å². The molecule has 1 N–H and O–H groups in total. The highest BCUT2D eigenvalue weighted by atomic mass is 15.5. The van der Waals surface area contributed by atoms with Crippen molar-refractivity contribution < 1.29 is 0 Å². The highest BCUT2D eigenvalue weighted by Gasteiger charge is 2.07. The Labute approximate surface area is 109 Å². The summed E-state index contributed by atoms with van der Waals surface area (Å²) in [5.41, 5.74) is 1.85. The largest absolute Gasteiger partial charge is 0.346 e. The number of tetrazole rings is 1. The number of hydrogen-bond acceptors (Lipinski definition) is 6. The number of nitrogens with one attached hydrogen (secondary N) is 1. The van der Waals surface area contributed by atoms with Gasteiger partial charge in [-0.2, -0.15) is 4.98 Å². The summed E-state index contributed by atoms with van der Waals surface area (Å²) in [4.78, 5) is 6.23. The van der Waals surface area contributed by atoms with E-state index in [-0.39, 0.29) is 0 Å². The molecule has 0 saturated carbocycles. The summed E-state index contributed by atoms with van der Waals surface area (Å²) in [6, 6.07) is 7.72. The van der Waals surface area contributed by atoms with Crippen LogP contribution < -0.4 is 4.90 Å². The fraction of sp³-hybridized carbons (Fsp3) is 0.182. The lowest BCUT2D eigenvalue weighted by Gasteiger charge is -2.03. The van der Waals surface area contributed by atoms with Crippen molar-refractivity contribution in [1.82, 2.24) is 35.4 Å². The van der Waals surface area contributed by atoms with E-state index in [0.717, 1.165) is 17.1 Å². The number of nitrogens with zero attached hydrogens (tertiary/aromatic N) is 7. The van der Waals surface area contributed by atoms with Gasteiger partial charge in [0.15, 0.2) is 5.82 Å². The maximum atomic E-state index is 4.38. The smallest absolute Gasteiger partial charge is 0.244 e. The number of aromatic amines is 1. The van der Waals surface area contributed by atoms with Crippen molar-refractivity contribution in [3.8, 4) is 17.1 Å². The predicted molar refractivity (Wildman–Crippen MR) is 68.9 cm³/mol. The summed E-state index contributed by atoms with van der Waals surface area (Å²) < 4.78 is 1.59. The van der Waals surface area contributed by atoms with E-state index in [0.29, 0.717) is 5.95 Å². The molecule has 8 nitrogen and oxygen atoms in total. The van der Waals surface area contributed by atoms with E-state index in [9.17, 15) is 0 Å². The maximum absolute atomic E-state index is 4.38. The summed E-state index contributed by atoms with van der Waals surface area (Å²) in [5.74, 6) is 1.38. The second kappa shape index (κ2) is 4.48. The van der Waals surface area contributed by atoms with Crippen LogP contribution in [0.25, 0.3) is 17.1 Å². The molecule has 0 spiro atoms. The van der Waals surface area contributed by atoms with Crippen LogP contribution in [0, 0.1) is 0 Å². The SMILES string of the molecule is CN(C)c1n[nH]c(-c2ccc(-n3cnnn3)cc2)n1. The number of H-pyrrole nitrogens is 1. The molecular weight excluding hydrogens is 244 g/mol. The Balaban J connectivity index is 1.89. The van der Waals surface area contributed by atoms with Crippen molar-refractivity contribution >= 4 is 5.95 Å². The standard InChI is InChI=1S/C11H12N8/c1-18(2)11-13-10(14-15-11)8-3-5-9(6-4-8)19-7-12-16-17-19/h3-7H,1-2H3,(H,13,14,15). The van der Waals surface area contributed by atoms with Gasteiger partial charge >= 0.3 is 0 Å². The van der Waals surface area contributed by atoms with Crippen LogP contribution in [0.5, 0.6) is 0 Å². The van der Waals surface area contributed by atoms with Gasteiger partial charge < -0.3 is 4.90 Å². The van der Waals surface area contributed by atoms with Gasteiger partial charge in [0.1, 0.15) is 6.33 Å². The molecule has 0 radical (unpaired) electrons. The molecule has 0 bridgehead atoms. The first kappa shape index (κ1) is 11.3. The molecule has 0 aliphatic carbocycles. The highest BCUT2D eigenvalue weighted by Crippen LogP contribution is 2.18. The van der Waals surface area contributed by atoms with Gasteiger partial charge in [0.2, 0.25) is 5.95 Å². The number of aromatic nitrogens is 7. The van der Waals surface area contributed by atoms with Crippen molar-refractivity contribution in [3.63, 3.8) is 0 Å². The third-order valence-corrected chi connectivity index (χ3v) is 2.63. The molecule has 2 heterocycles. The lowest BCUT2D eigenvalue weighted by Crippen LogP contribution is -2.10. The van der Waals surface area contributed by atoms with Crippen LogP contribution >= 0.6 is 0 Å². The number of benzene rings is 1. The van der Waals surface area contributed by atoms with Crippen molar-refractivity contribution in [2.75, 3.05) is 19.0 Å². The van der Waals surface area contributed by atoms with E-state index in [1.54, 1.807) is 11.0 Å². The fourth-order valence-corrected chi connectivity index (χ4v) is 1.63. The van der Waals surface area contributed by atoms with Crippen LogP contribution in [0.4, 0.5) is 5.95 Å². The van der Waals surface area contributed by atoms with E-state index in [1.807, 2.05) is 43.3 Å². The number of anilines is 1. The molecule has 1 aromatic carbocycles. The first-order valence-corrected chi connectivity index (χ1v) is 5.67. The average molecular weight is 256 g/mol. The Bertz CT molecular complexity index is 652. The van der Waals surface area contributed by atoms with Gasteiger partial charge in [-0.15, -0.1) is 10.2 Å². The van der Waals surface area contributed by atoms with Crippen LogP contribution in [-0.4, -0.2) is 49.5 Å². The van der Waals surface area contributed by atoms with Crippen LogP contribution in [0.1, 0.15) is 0 Å². The van der Waals surface area contributed by atoms with E-state index in [2.05, 4.69) is 30.7 Å². The summed E-state index contributed by atoms with van der Waals surface area (Å²) in [5, 5.41) is 18.1. The van der Waals surface area contributed by atoms with Gasteiger partial charge in [-0.05, 0) is 34.7 Å². The van der Waals surface area contributed by atoms with Gasteiger partial charge in [0.05, 0.1) is 5.69 Å². The van der Waals surface area contributed by atoms with E-state index < -0.39 is 0 Å². The molecule has 0 atom stereocenters. The number of rotatable bonds is 3. The van der Waals surface area contributed by atoms with Crippen LogP contribution in [-0.2, 0) is 0 Å². The van der Waals surface area contributed by atoms with Crippen molar-refractivity contribution in [2.24, 2.45) is 0 Å². The van der Waals surface area contributed by atoms with Crippen LogP contribution in [0.2, 0.25) is 0 Å². The fourth-order valence-electron chi connectivity index (χ4n) is 1.63. The molecule has 19 heavy (non-hydrogen) atoms. The molecule has 0 fully saturated rings. The van der Waals surface area contributed by atoms with Crippen molar-refractivity contribution in [2.45, 2.75) is 0 Å². The molecule has 0 aliphatic rings. The Morgan fingerprint density at radius 1 is 1.16 bits per heavy atom. The molecule has 0 saturated heterocycles. The monoisotopic (exact) mass is 256 g/mol. The minimum absolute atomic E-state index is 0.652. The zero-order valence-corrected chi connectivity index (χ0v) is 10.5. The van der Waals surface area contributed by atoms with Crippen molar-refractivity contribution in [3.05, 3.63) is 30.6 Å². The van der Waals surface area contributed by atoms with E-state index >= 15 is 0 Å². The van der Waals surface area contributed by atoms with Crippen molar-refractivity contribution in [1.29, 1.82) is 0 Å². The lowest BCUT2D eigenvalue weighted by atomic mass is 10.2. The van der Waals surface area contributed by atoms with Gasteiger partial charge in [0, 0.05) is 19.7 Å². The molecule has 3 aromatic rings. The topological polar surface area (TPSA) is 88.4 Å². The Kier molecular flexibility index (Phi) is 2.67. The molecular formula is C11H12N8. The Hall–Kier alpha value is -2.77. The molecule has 3 rings (SSSR count). The Morgan fingerprint density at radius 3 is 2.53 bits per heavy atom. The predicted octanol–water partition coefficient (Wildman–Crippen LogP) is 0.513. The summed E-state index contributed by atoms with van der Waals surface area (Å²) in [6.07, 6.45) is 1.55. The molecule has 0 aliphatic heterocycles. The Morgan fingerprint density at radius 2 is 1.95 bits per heavy atom. The quantitative estimate of drug-likeness (QED) is 0.734. The van der Waals surface area contributed by atoms with Crippen LogP contribution in [0.15, 0.2) is 30.6 Å². The minimum Gasteiger partial charge on any atom is -0.346 e. The van der Waals surface area contributed by atoms with Gasteiger partial charge in [0.25, 0.3) is 0 Å². The van der Waals surface area contributed by atoms with Gasteiger partial charge in [-0.1, -0.05) is 0 Å². The van der Waals surface area contributed by atoms with Crippen LogP contribution in [0.3, 0.4) is 0 Å². The van der Waals surface area contributed by atoms with Gasteiger partial charge in [-0.3, -0.25) is 5.10 Å². The normalized spacial score (nSPS) is 10.6. The molecule has 0 amide bonds. The minimum atomic E-state index is 0.652. The number of hydrogen-bond donors (Lipinski definition) is 1. The third kappa shape index (κ3) is 2.15. The highest BCUT2D eigenvalue weighted by molar-refractivity contribution is 5.58. The molecule has 0 unspecified atom stereocenters. The molecule has 2 aromatic heterocycles. The molecule has 96 valence electrons.